The Balaban J connectivity index is 1.63. The first-order valence-corrected chi connectivity index (χ1v) is 8.25. The lowest BCUT2D eigenvalue weighted by Crippen LogP contribution is -2.31. The molecular weight excluding hydrogens is 250 g/mol. The molecule has 3 nitrogen and oxygen atoms in total. The predicted molar refractivity (Wildman–Crippen MR) is 79.8 cm³/mol. The molecule has 20 heavy (non-hydrogen) atoms. The number of aryl methyl sites for hydroxylation is 1. The van der Waals surface area contributed by atoms with E-state index in [0.29, 0.717) is 12.1 Å². The highest BCUT2D eigenvalue weighted by Gasteiger charge is 2.26. The fourth-order valence-electron chi connectivity index (χ4n) is 3.57. The third-order valence-corrected chi connectivity index (χ3v) is 4.72. The quantitative estimate of drug-likeness (QED) is 0.829. The Kier molecular flexibility index (Phi) is 4.79. The van der Waals surface area contributed by atoms with E-state index >= 15 is 0 Å². The highest BCUT2D eigenvalue weighted by Crippen LogP contribution is 2.31. The molecule has 3 heterocycles. The van der Waals surface area contributed by atoms with Crippen molar-refractivity contribution in [3.05, 3.63) is 23.7 Å². The van der Waals surface area contributed by atoms with E-state index in [9.17, 15) is 0 Å². The van der Waals surface area contributed by atoms with Crippen LogP contribution in [0.3, 0.4) is 0 Å². The maximum absolute atomic E-state index is 5.91. The Morgan fingerprint density at radius 3 is 2.85 bits per heavy atom. The summed E-state index contributed by atoms with van der Waals surface area (Å²) in [6, 6.07) is 4.75. The maximum Gasteiger partial charge on any atom is 0.121 e. The molecule has 112 valence electrons. The van der Waals surface area contributed by atoms with Crippen molar-refractivity contribution in [3.63, 3.8) is 0 Å². The summed E-state index contributed by atoms with van der Waals surface area (Å²) in [6.07, 6.45) is 9.39. The molecule has 3 rings (SSSR count). The van der Waals surface area contributed by atoms with Crippen LogP contribution in [0.15, 0.2) is 16.5 Å². The number of likely N-dealkylation sites (tertiary alicyclic amines) is 1. The first kappa shape index (κ1) is 14.2. The van der Waals surface area contributed by atoms with Gasteiger partial charge in [0, 0.05) is 13.2 Å². The summed E-state index contributed by atoms with van der Waals surface area (Å²) in [6.45, 7) is 5.36. The van der Waals surface area contributed by atoms with E-state index in [0.717, 1.165) is 24.7 Å². The van der Waals surface area contributed by atoms with Gasteiger partial charge >= 0.3 is 0 Å². The molecule has 0 aromatic carbocycles. The van der Waals surface area contributed by atoms with Crippen molar-refractivity contribution in [2.45, 2.75) is 64.0 Å². The second-order valence-corrected chi connectivity index (χ2v) is 6.27. The highest BCUT2D eigenvalue weighted by molar-refractivity contribution is 5.10. The molecule has 2 aliphatic heterocycles. The molecule has 0 bridgehead atoms. The molecule has 0 unspecified atom stereocenters. The van der Waals surface area contributed by atoms with Gasteiger partial charge in [-0.25, -0.2) is 0 Å². The SMILES string of the molecule is Cc1ccc([C@H]2CCCCCN2CC[C@@H]2CCCO2)o1. The molecule has 1 aromatic rings. The van der Waals surface area contributed by atoms with Crippen LogP contribution in [0.5, 0.6) is 0 Å². The zero-order valence-corrected chi connectivity index (χ0v) is 12.6. The average Bonchev–Trinajstić information content (AvgIpc) is 3.05. The molecule has 1 aromatic heterocycles. The molecule has 0 aliphatic carbocycles. The van der Waals surface area contributed by atoms with E-state index in [1.165, 1.54) is 51.5 Å². The van der Waals surface area contributed by atoms with Gasteiger partial charge in [0.25, 0.3) is 0 Å². The van der Waals surface area contributed by atoms with Gasteiger partial charge in [-0.1, -0.05) is 12.8 Å². The zero-order valence-electron chi connectivity index (χ0n) is 12.6. The third kappa shape index (κ3) is 3.44. The maximum atomic E-state index is 5.91. The molecule has 2 aliphatic rings. The van der Waals surface area contributed by atoms with Crippen molar-refractivity contribution in [2.24, 2.45) is 0 Å². The van der Waals surface area contributed by atoms with Crippen LogP contribution < -0.4 is 0 Å². The van der Waals surface area contributed by atoms with Crippen LogP contribution in [0.2, 0.25) is 0 Å². The zero-order chi connectivity index (χ0) is 13.8. The van der Waals surface area contributed by atoms with Gasteiger partial charge in [-0.2, -0.15) is 0 Å². The van der Waals surface area contributed by atoms with Crippen LogP contribution in [-0.2, 0) is 4.74 Å². The van der Waals surface area contributed by atoms with Gasteiger partial charge < -0.3 is 9.15 Å². The smallest absolute Gasteiger partial charge is 0.121 e. The Morgan fingerprint density at radius 1 is 1.15 bits per heavy atom. The highest BCUT2D eigenvalue weighted by atomic mass is 16.5. The fourth-order valence-corrected chi connectivity index (χ4v) is 3.57. The Hall–Kier alpha value is -0.800. The Labute approximate surface area is 122 Å². The summed E-state index contributed by atoms with van der Waals surface area (Å²) in [5, 5.41) is 0. The number of hydrogen-bond donors (Lipinski definition) is 0. The van der Waals surface area contributed by atoms with E-state index in [4.69, 9.17) is 9.15 Å². The molecule has 2 fully saturated rings. The molecule has 0 amide bonds. The first-order chi connectivity index (χ1) is 9.83. The van der Waals surface area contributed by atoms with E-state index in [-0.39, 0.29) is 0 Å². The predicted octanol–water partition coefficient (Wildman–Crippen LogP) is 4.07. The van der Waals surface area contributed by atoms with Gasteiger partial charge in [0.05, 0.1) is 12.1 Å². The normalized spacial score (nSPS) is 28.6. The van der Waals surface area contributed by atoms with Crippen LogP contribution >= 0.6 is 0 Å². The minimum absolute atomic E-state index is 0.479. The minimum Gasteiger partial charge on any atom is -0.465 e. The second kappa shape index (κ2) is 6.77. The molecule has 0 saturated carbocycles. The number of hydrogen-bond acceptors (Lipinski definition) is 3. The van der Waals surface area contributed by atoms with Crippen LogP contribution in [-0.4, -0.2) is 30.7 Å². The van der Waals surface area contributed by atoms with E-state index in [2.05, 4.69) is 17.0 Å². The minimum atomic E-state index is 0.479. The Morgan fingerprint density at radius 2 is 2.10 bits per heavy atom. The molecule has 2 saturated heterocycles. The number of furan rings is 1. The van der Waals surface area contributed by atoms with Crippen molar-refractivity contribution in [2.75, 3.05) is 19.7 Å². The molecule has 2 atom stereocenters. The second-order valence-electron chi connectivity index (χ2n) is 6.27. The summed E-state index contributed by atoms with van der Waals surface area (Å²) < 4.78 is 11.7. The standard InChI is InChI=1S/C17H27NO2/c1-14-8-9-17(20-14)16-7-3-2-4-11-18(16)12-10-15-6-5-13-19-15/h8-9,15-16H,2-7,10-13H2,1H3/t15-,16+/m0/s1. The van der Waals surface area contributed by atoms with Crippen LogP contribution in [0.1, 0.15) is 62.5 Å². The van der Waals surface area contributed by atoms with Crippen molar-refractivity contribution in [1.29, 1.82) is 0 Å². The van der Waals surface area contributed by atoms with Gasteiger partial charge in [0.15, 0.2) is 0 Å². The summed E-state index contributed by atoms with van der Waals surface area (Å²) >= 11 is 0. The van der Waals surface area contributed by atoms with Gasteiger partial charge in [-0.05, 0) is 57.7 Å². The Bertz CT molecular complexity index is 409. The average molecular weight is 277 g/mol. The van der Waals surface area contributed by atoms with Gasteiger partial charge in [-0.15, -0.1) is 0 Å². The summed E-state index contributed by atoms with van der Waals surface area (Å²) in [5.74, 6) is 2.19. The molecule has 3 heteroatoms. The third-order valence-electron chi connectivity index (χ3n) is 4.72. The topological polar surface area (TPSA) is 25.6 Å². The summed E-state index contributed by atoms with van der Waals surface area (Å²) in [5.41, 5.74) is 0. The number of nitrogens with zero attached hydrogens (tertiary/aromatic N) is 1. The molecular formula is C17H27NO2. The molecule has 0 radical (unpaired) electrons. The van der Waals surface area contributed by atoms with Crippen molar-refractivity contribution in [1.82, 2.24) is 4.90 Å². The molecule has 0 N–H and O–H groups in total. The monoisotopic (exact) mass is 277 g/mol. The van der Waals surface area contributed by atoms with Crippen LogP contribution in [0.25, 0.3) is 0 Å². The van der Waals surface area contributed by atoms with Crippen LogP contribution in [0.4, 0.5) is 0 Å². The van der Waals surface area contributed by atoms with Gasteiger partial charge in [0.1, 0.15) is 11.5 Å². The lowest BCUT2D eigenvalue weighted by molar-refractivity contribution is 0.0814. The lowest BCUT2D eigenvalue weighted by atomic mass is 10.1. The summed E-state index contributed by atoms with van der Waals surface area (Å²) in [4.78, 5) is 2.63. The van der Waals surface area contributed by atoms with E-state index in [1.54, 1.807) is 0 Å². The van der Waals surface area contributed by atoms with Crippen molar-refractivity contribution < 1.29 is 9.15 Å². The van der Waals surface area contributed by atoms with Gasteiger partial charge in [0.2, 0.25) is 0 Å². The lowest BCUT2D eigenvalue weighted by Gasteiger charge is -2.29. The number of rotatable bonds is 4. The van der Waals surface area contributed by atoms with Crippen molar-refractivity contribution in [3.8, 4) is 0 Å². The molecule has 0 spiro atoms. The van der Waals surface area contributed by atoms with Crippen LogP contribution in [0, 0.1) is 6.92 Å². The van der Waals surface area contributed by atoms with E-state index < -0.39 is 0 Å². The van der Waals surface area contributed by atoms with Crippen molar-refractivity contribution >= 4 is 0 Å². The number of ether oxygens (including phenoxy) is 1. The fraction of sp³-hybridized carbons (Fsp3) is 0.765. The largest absolute Gasteiger partial charge is 0.465 e. The summed E-state index contributed by atoms with van der Waals surface area (Å²) in [7, 11) is 0. The van der Waals surface area contributed by atoms with E-state index in [1.807, 2.05) is 6.92 Å². The van der Waals surface area contributed by atoms with Gasteiger partial charge in [-0.3, -0.25) is 4.90 Å². The first-order valence-electron chi connectivity index (χ1n) is 8.25.